The maximum absolute atomic E-state index is 13.3. The summed E-state index contributed by atoms with van der Waals surface area (Å²) in [5.74, 6) is 4.24. The maximum atomic E-state index is 13.3. The molecule has 4 saturated carbocycles. The lowest BCUT2D eigenvalue weighted by Crippen LogP contribution is -2.51. The van der Waals surface area contributed by atoms with E-state index < -0.39 is 5.60 Å². The third kappa shape index (κ3) is 3.65. The molecule has 4 fully saturated rings. The highest BCUT2D eigenvalue weighted by Crippen LogP contribution is 2.64. The molecule has 0 unspecified atom stereocenters. The lowest BCUT2D eigenvalue weighted by atomic mass is 9.49. The number of nitrogens with zero attached hydrogens (tertiary/aromatic N) is 3. The number of hydrogen-bond acceptors (Lipinski definition) is 4. The molecule has 4 aliphatic carbocycles. The second kappa shape index (κ2) is 7.72. The van der Waals surface area contributed by atoms with Crippen LogP contribution in [0.4, 0.5) is 5.69 Å². The third-order valence-corrected chi connectivity index (χ3v) is 9.79. The third-order valence-electron chi connectivity index (χ3n) is 9.79. The van der Waals surface area contributed by atoms with Crippen LogP contribution in [0.3, 0.4) is 0 Å². The lowest BCUT2D eigenvalue weighted by Gasteiger charge is -2.56. The van der Waals surface area contributed by atoms with Crippen molar-refractivity contribution in [2.24, 2.45) is 51.6 Å². The van der Waals surface area contributed by atoms with E-state index in [0.29, 0.717) is 29.9 Å². The molecule has 0 amide bonds. The molecule has 6 nitrogen and oxygen atoms in total. The van der Waals surface area contributed by atoms with Crippen LogP contribution in [-0.2, 0) is 11.3 Å². The van der Waals surface area contributed by atoms with Crippen LogP contribution in [0.15, 0.2) is 17.4 Å². The first-order chi connectivity index (χ1) is 14.8. The monoisotopic (exact) mass is 426 g/mol. The highest BCUT2D eigenvalue weighted by Gasteiger charge is 2.58. The summed E-state index contributed by atoms with van der Waals surface area (Å²) in [5.41, 5.74) is 5.73. The topological polar surface area (TPSA) is 93.5 Å². The Kier molecular flexibility index (Phi) is 5.27. The van der Waals surface area contributed by atoms with E-state index in [1.807, 2.05) is 6.92 Å². The highest BCUT2D eigenvalue weighted by molar-refractivity contribution is 5.82. The standard InChI is InChI=1S/C25H38N4O2/c1-24(31)9-7-18-16(11-24)3-4-20-19(18)8-10-25(2)21(20)5-6-22(25)23(30)14-29-13-17(12-28-29)27-15-26/h12-13,15-16,18-22,31H,3-11,14H2,1-2H3,(H2,26,27)/t16-,18+,19-,20-,21+,22-,24-,25+/m1/s1. The predicted octanol–water partition coefficient (Wildman–Crippen LogP) is 4.09. The van der Waals surface area contributed by atoms with Crippen molar-refractivity contribution in [1.82, 2.24) is 9.78 Å². The molecule has 4 aliphatic rings. The van der Waals surface area contributed by atoms with Crippen LogP contribution in [-0.4, -0.2) is 32.6 Å². The molecule has 0 radical (unpaired) electrons. The zero-order valence-electron chi connectivity index (χ0n) is 19.0. The number of hydrogen-bond donors (Lipinski definition) is 2. The van der Waals surface area contributed by atoms with Gasteiger partial charge in [0.1, 0.15) is 5.69 Å². The molecule has 1 aromatic rings. The van der Waals surface area contributed by atoms with Gasteiger partial charge in [-0.25, -0.2) is 4.99 Å². The molecule has 8 atom stereocenters. The van der Waals surface area contributed by atoms with Gasteiger partial charge in [-0.1, -0.05) is 6.92 Å². The molecular formula is C25H38N4O2. The average molecular weight is 427 g/mol. The number of carbonyl (C=O) groups excluding carboxylic acids is 1. The first kappa shape index (κ1) is 21.2. The number of rotatable bonds is 4. The van der Waals surface area contributed by atoms with Crippen molar-refractivity contribution in [2.75, 3.05) is 0 Å². The van der Waals surface area contributed by atoms with E-state index in [4.69, 9.17) is 5.73 Å². The zero-order chi connectivity index (χ0) is 21.8. The predicted molar refractivity (Wildman–Crippen MR) is 121 cm³/mol. The minimum absolute atomic E-state index is 0.136. The maximum Gasteiger partial charge on any atom is 0.157 e. The first-order valence-electron chi connectivity index (χ1n) is 12.3. The molecule has 5 rings (SSSR count). The number of aromatic nitrogens is 2. The normalized spacial score (nSPS) is 44.6. The van der Waals surface area contributed by atoms with Gasteiger partial charge in [-0.15, -0.1) is 0 Å². The second-order valence-corrected chi connectivity index (χ2v) is 11.5. The van der Waals surface area contributed by atoms with Crippen molar-refractivity contribution in [3.63, 3.8) is 0 Å². The molecule has 0 spiro atoms. The van der Waals surface area contributed by atoms with Gasteiger partial charge < -0.3 is 10.8 Å². The Morgan fingerprint density at radius 2 is 2.00 bits per heavy atom. The van der Waals surface area contributed by atoms with Gasteiger partial charge in [0.25, 0.3) is 0 Å². The van der Waals surface area contributed by atoms with Crippen LogP contribution in [0.25, 0.3) is 0 Å². The number of aliphatic hydroxyl groups is 1. The Hall–Kier alpha value is -1.69. The summed E-state index contributed by atoms with van der Waals surface area (Å²) in [6.45, 7) is 4.78. The number of aliphatic imine (C=N–C) groups is 1. The van der Waals surface area contributed by atoms with Gasteiger partial charge in [-0.3, -0.25) is 9.48 Å². The van der Waals surface area contributed by atoms with Crippen molar-refractivity contribution in [2.45, 2.75) is 83.8 Å². The Bertz CT molecular complexity index is 861. The summed E-state index contributed by atoms with van der Waals surface area (Å²) < 4.78 is 1.71. The number of Topliss-reactive ketones (excluding diaryl/α,β-unsaturated/α-hetero) is 1. The Morgan fingerprint density at radius 1 is 1.19 bits per heavy atom. The molecule has 0 aliphatic heterocycles. The van der Waals surface area contributed by atoms with Crippen LogP contribution in [0.1, 0.15) is 71.6 Å². The van der Waals surface area contributed by atoms with Gasteiger partial charge in [0.2, 0.25) is 0 Å². The SMILES string of the molecule is C[C@@]1(O)CC[C@H]2[C@H](CC[C@@H]3[C@@H]2CC[C@]2(C)[C@@H](C(=O)Cn4cc(/N=C\N)cn4)CC[C@@H]32)C1. The minimum atomic E-state index is -0.454. The van der Waals surface area contributed by atoms with E-state index in [-0.39, 0.29) is 11.3 Å². The molecule has 1 aromatic heterocycles. The summed E-state index contributed by atoms with van der Waals surface area (Å²) in [5, 5.41) is 14.9. The summed E-state index contributed by atoms with van der Waals surface area (Å²) in [6, 6.07) is 0. The van der Waals surface area contributed by atoms with Crippen molar-refractivity contribution >= 4 is 17.8 Å². The molecule has 170 valence electrons. The average Bonchev–Trinajstić information content (AvgIpc) is 3.30. The number of fused-ring (bicyclic) bond motifs is 5. The van der Waals surface area contributed by atoms with Crippen molar-refractivity contribution in [1.29, 1.82) is 0 Å². The zero-order valence-corrected chi connectivity index (χ0v) is 19.0. The van der Waals surface area contributed by atoms with E-state index in [1.54, 1.807) is 17.1 Å². The lowest BCUT2D eigenvalue weighted by molar-refractivity contribution is -0.133. The van der Waals surface area contributed by atoms with Crippen molar-refractivity contribution < 1.29 is 9.90 Å². The van der Waals surface area contributed by atoms with Crippen molar-refractivity contribution in [3.8, 4) is 0 Å². The van der Waals surface area contributed by atoms with Gasteiger partial charge >= 0.3 is 0 Å². The van der Waals surface area contributed by atoms with Crippen LogP contribution < -0.4 is 5.73 Å². The molecule has 6 heteroatoms. The quantitative estimate of drug-likeness (QED) is 0.560. The molecule has 1 heterocycles. The molecule has 31 heavy (non-hydrogen) atoms. The summed E-state index contributed by atoms with van der Waals surface area (Å²) >= 11 is 0. The fourth-order valence-corrected chi connectivity index (χ4v) is 8.47. The van der Waals surface area contributed by atoms with Crippen LogP contribution in [0.2, 0.25) is 0 Å². The van der Waals surface area contributed by atoms with E-state index in [2.05, 4.69) is 17.0 Å². The van der Waals surface area contributed by atoms with Crippen LogP contribution in [0, 0.1) is 40.9 Å². The molecular weight excluding hydrogens is 388 g/mol. The van der Waals surface area contributed by atoms with Gasteiger partial charge in [0, 0.05) is 5.92 Å². The summed E-state index contributed by atoms with van der Waals surface area (Å²) in [6.07, 6.45) is 15.1. The second-order valence-electron chi connectivity index (χ2n) is 11.5. The Labute approximate surface area is 185 Å². The van der Waals surface area contributed by atoms with E-state index in [1.165, 1.54) is 44.9 Å². The van der Waals surface area contributed by atoms with Gasteiger partial charge in [-0.05, 0) is 99.7 Å². The van der Waals surface area contributed by atoms with Gasteiger partial charge in [0.05, 0.1) is 30.9 Å². The molecule has 3 N–H and O–H groups in total. The number of carbonyl (C=O) groups is 1. The van der Waals surface area contributed by atoms with E-state index in [9.17, 15) is 9.90 Å². The van der Waals surface area contributed by atoms with Crippen LogP contribution in [0.5, 0.6) is 0 Å². The first-order valence-corrected chi connectivity index (χ1v) is 12.3. The molecule has 0 aromatic carbocycles. The van der Waals surface area contributed by atoms with E-state index in [0.717, 1.165) is 37.0 Å². The Morgan fingerprint density at radius 3 is 2.81 bits per heavy atom. The molecule has 0 bridgehead atoms. The number of nitrogens with two attached hydrogens (primary N) is 1. The minimum Gasteiger partial charge on any atom is -0.390 e. The van der Waals surface area contributed by atoms with E-state index >= 15 is 0 Å². The fourth-order valence-electron chi connectivity index (χ4n) is 8.47. The van der Waals surface area contributed by atoms with Gasteiger partial charge in [0.15, 0.2) is 5.78 Å². The Balaban J connectivity index is 1.29. The fraction of sp³-hybridized carbons (Fsp3) is 0.800. The number of ketones is 1. The summed E-state index contributed by atoms with van der Waals surface area (Å²) in [4.78, 5) is 17.4. The largest absolute Gasteiger partial charge is 0.390 e. The van der Waals surface area contributed by atoms with Crippen molar-refractivity contribution in [3.05, 3.63) is 12.4 Å². The summed E-state index contributed by atoms with van der Waals surface area (Å²) in [7, 11) is 0. The molecule has 0 saturated heterocycles. The van der Waals surface area contributed by atoms with Crippen LogP contribution >= 0.6 is 0 Å². The van der Waals surface area contributed by atoms with Gasteiger partial charge in [-0.2, -0.15) is 5.10 Å². The smallest absolute Gasteiger partial charge is 0.157 e. The highest BCUT2D eigenvalue weighted by atomic mass is 16.3.